The quantitative estimate of drug-likeness (QED) is 0.648. The van der Waals surface area contributed by atoms with Crippen LogP contribution in [0.3, 0.4) is 0 Å². The van der Waals surface area contributed by atoms with Crippen molar-refractivity contribution in [2.24, 2.45) is 0 Å². The summed E-state index contributed by atoms with van der Waals surface area (Å²) in [6.07, 6.45) is 6.10. The number of amides is 2. The van der Waals surface area contributed by atoms with Crippen LogP contribution in [0.2, 0.25) is 0 Å². The molecule has 25 heavy (non-hydrogen) atoms. The number of hydrogen-bond acceptors (Lipinski definition) is 4. The highest BCUT2D eigenvalue weighted by molar-refractivity contribution is 5.89. The molecule has 0 radical (unpaired) electrons. The molecule has 0 aliphatic carbocycles. The van der Waals surface area contributed by atoms with Gasteiger partial charge in [0.15, 0.2) is 0 Å². The van der Waals surface area contributed by atoms with Gasteiger partial charge in [-0.3, -0.25) is 4.68 Å². The Bertz CT molecular complexity index is 790. The second kappa shape index (κ2) is 8.49. The van der Waals surface area contributed by atoms with Crippen molar-refractivity contribution in [1.82, 2.24) is 20.1 Å². The first-order chi connectivity index (χ1) is 12.3. The van der Waals surface area contributed by atoms with Gasteiger partial charge in [0.1, 0.15) is 5.75 Å². The number of carbonyl (C=O) groups excluding carboxylic acids is 1. The molecular weight excluding hydrogens is 318 g/mol. The number of nitrogens with one attached hydrogen (secondary N) is 2. The summed E-state index contributed by atoms with van der Waals surface area (Å²) in [7, 11) is 0. The van der Waals surface area contributed by atoms with Crippen LogP contribution in [0, 0.1) is 0 Å². The minimum atomic E-state index is -0.254. The minimum Gasteiger partial charge on any atom is -0.439 e. The fourth-order valence-electron chi connectivity index (χ4n) is 2.22. The third-order valence-corrected chi connectivity index (χ3v) is 3.36. The molecule has 2 amide bonds. The topological polar surface area (TPSA) is 81.1 Å². The van der Waals surface area contributed by atoms with Crippen molar-refractivity contribution in [3.63, 3.8) is 0 Å². The van der Waals surface area contributed by atoms with Crippen molar-refractivity contribution in [1.29, 1.82) is 0 Å². The number of nitrogens with zero attached hydrogens (tertiary/aromatic N) is 3. The van der Waals surface area contributed by atoms with E-state index in [1.165, 1.54) is 0 Å². The van der Waals surface area contributed by atoms with E-state index in [4.69, 9.17) is 4.74 Å². The summed E-state index contributed by atoms with van der Waals surface area (Å²) in [5, 5.41) is 9.72. The standard InChI is InChI=1S/C18H19N5O2/c24-18(20-10-4-12-23-13-5-11-21-23)22-15-6-3-7-16(14-15)25-17-8-1-2-9-19-17/h1-3,5-9,11,13-14H,4,10,12H2,(H2,20,22,24). The van der Waals surface area contributed by atoms with E-state index in [-0.39, 0.29) is 6.03 Å². The van der Waals surface area contributed by atoms with Crippen molar-refractivity contribution in [2.75, 3.05) is 11.9 Å². The molecule has 0 atom stereocenters. The molecule has 7 nitrogen and oxygen atoms in total. The van der Waals surface area contributed by atoms with Gasteiger partial charge in [-0.25, -0.2) is 9.78 Å². The fraction of sp³-hybridized carbons (Fsp3) is 0.167. The third kappa shape index (κ3) is 5.35. The molecule has 0 spiro atoms. The summed E-state index contributed by atoms with van der Waals surface area (Å²) in [6, 6.07) is 14.2. The van der Waals surface area contributed by atoms with E-state index < -0.39 is 0 Å². The average molecular weight is 337 g/mol. The number of aryl methyl sites for hydroxylation is 1. The van der Waals surface area contributed by atoms with Crippen LogP contribution in [-0.2, 0) is 6.54 Å². The van der Waals surface area contributed by atoms with Crippen LogP contribution in [0.5, 0.6) is 11.6 Å². The number of anilines is 1. The molecule has 2 aromatic heterocycles. The van der Waals surface area contributed by atoms with Gasteiger partial charge in [0.2, 0.25) is 5.88 Å². The summed E-state index contributed by atoms with van der Waals surface area (Å²) in [6.45, 7) is 1.33. The molecule has 0 bridgehead atoms. The van der Waals surface area contributed by atoms with Gasteiger partial charge in [-0.1, -0.05) is 12.1 Å². The first-order valence-corrected chi connectivity index (χ1v) is 8.01. The van der Waals surface area contributed by atoms with Crippen LogP contribution >= 0.6 is 0 Å². The normalized spacial score (nSPS) is 10.2. The average Bonchev–Trinajstić information content (AvgIpc) is 3.13. The third-order valence-electron chi connectivity index (χ3n) is 3.36. The lowest BCUT2D eigenvalue weighted by molar-refractivity contribution is 0.251. The molecule has 0 aliphatic rings. The zero-order chi connectivity index (χ0) is 17.3. The number of carbonyl (C=O) groups is 1. The summed E-state index contributed by atoms with van der Waals surface area (Å²) >= 11 is 0. The number of benzene rings is 1. The van der Waals surface area contributed by atoms with Crippen molar-refractivity contribution in [3.8, 4) is 11.6 Å². The highest BCUT2D eigenvalue weighted by Crippen LogP contribution is 2.22. The molecule has 3 rings (SSSR count). The van der Waals surface area contributed by atoms with E-state index in [0.29, 0.717) is 23.9 Å². The Labute approximate surface area is 145 Å². The second-order valence-electron chi connectivity index (χ2n) is 5.30. The maximum absolute atomic E-state index is 11.9. The number of hydrogen-bond donors (Lipinski definition) is 2. The van der Waals surface area contributed by atoms with Gasteiger partial charge in [-0.05, 0) is 30.7 Å². The van der Waals surface area contributed by atoms with Crippen molar-refractivity contribution >= 4 is 11.7 Å². The Morgan fingerprint density at radius 3 is 2.88 bits per heavy atom. The number of rotatable bonds is 7. The number of pyridine rings is 1. The van der Waals surface area contributed by atoms with E-state index in [1.54, 1.807) is 30.6 Å². The Morgan fingerprint density at radius 2 is 2.08 bits per heavy atom. The second-order valence-corrected chi connectivity index (χ2v) is 5.30. The zero-order valence-corrected chi connectivity index (χ0v) is 13.6. The molecule has 0 unspecified atom stereocenters. The van der Waals surface area contributed by atoms with Gasteiger partial charge in [-0.15, -0.1) is 0 Å². The largest absolute Gasteiger partial charge is 0.439 e. The van der Waals surface area contributed by atoms with Gasteiger partial charge >= 0.3 is 6.03 Å². The predicted octanol–water partition coefficient (Wildman–Crippen LogP) is 3.28. The minimum absolute atomic E-state index is 0.254. The molecule has 0 aliphatic heterocycles. The maximum Gasteiger partial charge on any atom is 0.319 e. The van der Waals surface area contributed by atoms with Crippen molar-refractivity contribution < 1.29 is 9.53 Å². The SMILES string of the molecule is O=C(NCCCn1cccn1)Nc1cccc(Oc2ccccn2)c1. The van der Waals surface area contributed by atoms with Gasteiger partial charge in [0, 0.05) is 49.5 Å². The first-order valence-electron chi connectivity index (χ1n) is 8.01. The summed E-state index contributed by atoms with van der Waals surface area (Å²) in [4.78, 5) is 16.1. The van der Waals surface area contributed by atoms with Gasteiger partial charge in [0.05, 0.1) is 0 Å². The summed E-state index contributed by atoms with van der Waals surface area (Å²) in [5.74, 6) is 1.11. The molecule has 0 fully saturated rings. The number of aromatic nitrogens is 3. The van der Waals surface area contributed by atoms with Crippen LogP contribution in [0.15, 0.2) is 67.1 Å². The lowest BCUT2D eigenvalue weighted by atomic mass is 10.3. The molecule has 128 valence electrons. The van der Waals surface area contributed by atoms with E-state index in [1.807, 2.05) is 41.2 Å². The van der Waals surface area contributed by atoms with Crippen LogP contribution in [-0.4, -0.2) is 27.3 Å². The Balaban J connectivity index is 1.45. The van der Waals surface area contributed by atoms with Crippen LogP contribution < -0.4 is 15.4 Å². The van der Waals surface area contributed by atoms with Crippen molar-refractivity contribution in [2.45, 2.75) is 13.0 Å². The highest BCUT2D eigenvalue weighted by atomic mass is 16.5. The Hall–Kier alpha value is -3.35. The van der Waals surface area contributed by atoms with Gasteiger partial charge < -0.3 is 15.4 Å². The van der Waals surface area contributed by atoms with Crippen molar-refractivity contribution in [3.05, 3.63) is 67.1 Å². The van der Waals surface area contributed by atoms with E-state index in [9.17, 15) is 4.79 Å². The number of urea groups is 1. The smallest absolute Gasteiger partial charge is 0.319 e. The lowest BCUT2D eigenvalue weighted by Gasteiger charge is -2.09. The lowest BCUT2D eigenvalue weighted by Crippen LogP contribution is -2.30. The zero-order valence-electron chi connectivity index (χ0n) is 13.6. The van der Waals surface area contributed by atoms with Crippen LogP contribution in [0.25, 0.3) is 0 Å². The van der Waals surface area contributed by atoms with Crippen LogP contribution in [0.4, 0.5) is 10.5 Å². The van der Waals surface area contributed by atoms with Gasteiger partial charge in [0.25, 0.3) is 0 Å². The molecule has 2 N–H and O–H groups in total. The van der Waals surface area contributed by atoms with E-state index in [0.717, 1.165) is 13.0 Å². The molecule has 0 saturated carbocycles. The molecule has 1 aromatic carbocycles. The number of ether oxygens (including phenoxy) is 1. The van der Waals surface area contributed by atoms with E-state index >= 15 is 0 Å². The molecule has 2 heterocycles. The maximum atomic E-state index is 11.9. The van der Waals surface area contributed by atoms with Gasteiger partial charge in [-0.2, -0.15) is 5.10 Å². The highest BCUT2D eigenvalue weighted by Gasteiger charge is 2.04. The molecular formula is C18H19N5O2. The molecule has 3 aromatic rings. The first kappa shape index (κ1) is 16.5. The molecule has 0 saturated heterocycles. The monoisotopic (exact) mass is 337 g/mol. The summed E-state index contributed by atoms with van der Waals surface area (Å²) in [5.41, 5.74) is 0.651. The Morgan fingerprint density at radius 1 is 1.12 bits per heavy atom. The van der Waals surface area contributed by atoms with Crippen LogP contribution in [0.1, 0.15) is 6.42 Å². The van der Waals surface area contributed by atoms with E-state index in [2.05, 4.69) is 20.7 Å². The predicted molar refractivity (Wildman–Crippen MR) is 94.6 cm³/mol. The summed E-state index contributed by atoms with van der Waals surface area (Å²) < 4.78 is 7.48. The Kier molecular flexibility index (Phi) is 5.60. The molecule has 7 heteroatoms. The fourth-order valence-corrected chi connectivity index (χ4v) is 2.22.